The molecule has 0 bridgehead atoms. The van der Waals surface area contributed by atoms with E-state index >= 15 is 0 Å². The molecule has 1 aliphatic rings. The normalized spacial score (nSPS) is 15.9. The third kappa shape index (κ3) is 3.63. The van der Waals surface area contributed by atoms with Crippen molar-refractivity contribution >= 4 is 17.3 Å². The first-order valence-corrected chi connectivity index (χ1v) is 6.85. The molecule has 1 aromatic carbocycles. The van der Waals surface area contributed by atoms with Crippen LogP contribution in [0, 0.1) is 5.92 Å². The van der Waals surface area contributed by atoms with Crippen LogP contribution in [0.25, 0.3) is 0 Å². The summed E-state index contributed by atoms with van der Waals surface area (Å²) >= 11 is 0. The highest BCUT2D eigenvalue weighted by Crippen LogP contribution is 2.34. The van der Waals surface area contributed by atoms with Gasteiger partial charge in [-0.05, 0) is 37.5 Å². The lowest BCUT2D eigenvalue weighted by Crippen LogP contribution is -2.25. The Balaban J connectivity index is 2.16. The van der Waals surface area contributed by atoms with E-state index in [1.54, 1.807) is 31.1 Å². The number of rotatable bonds is 5. The quantitative estimate of drug-likeness (QED) is 0.801. The largest absolute Gasteiger partial charge is 0.399 e. The van der Waals surface area contributed by atoms with Gasteiger partial charge < -0.3 is 16.0 Å². The summed E-state index contributed by atoms with van der Waals surface area (Å²) in [4.78, 5) is 13.7. The number of carbonyl (C=O) groups excluding carboxylic acids is 1. The second-order valence-electron chi connectivity index (χ2n) is 5.73. The molecular formula is C15H23N3O. The zero-order valence-electron chi connectivity index (χ0n) is 11.9. The molecule has 4 heteroatoms. The Morgan fingerprint density at radius 2 is 2.16 bits per heavy atom. The molecule has 1 atom stereocenters. The average Bonchev–Trinajstić information content (AvgIpc) is 3.12. The van der Waals surface area contributed by atoms with Crippen molar-refractivity contribution < 1.29 is 4.79 Å². The van der Waals surface area contributed by atoms with E-state index in [-0.39, 0.29) is 5.91 Å². The average molecular weight is 261 g/mol. The van der Waals surface area contributed by atoms with Crippen LogP contribution in [0.1, 0.15) is 36.5 Å². The SMILES string of the molecule is CC(CC1CC1)Nc1cc(N)ccc1C(=O)N(C)C. The lowest BCUT2D eigenvalue weighted by atomic mass is 10.1. The maximum absolute atomic E-state index is 12.1. The van der Waals surface area contributed by atoms with Gasteiger partial charge in [-0.1, -0.05) is 12.8 Å². The Morgan fingerprint density at radius 3 is 2.74 bits per heavy atom. The van der Waals surface area contributed by atoms with Crippen LogP contribution < -0.4 is 11.1 Å². The van der Waals surface area contributed by atoms with Gasteiger partial charge >= 0.3 is 0 Å². The van der Waals surface area contributed by atoms with Crippen LogP contribution in [-0.4, -0.2) is 30.9 Å². The first-order chi connectivity index (χ1) is 8.97. The number of nitrogens with two attached hydrogens (primary N) is 1. The third-order valence-corrected chi connectivity index (χ3v) is 3.47. The maximum atomic E-state index is 12.1. The number of carbonyl (C=O) groups is 1. The van der Waals surface area contributed by atoms with Gasteiger partial charge in [0.05, 0.1) is 5.56 Å². The molecule has 0 spiro atoms. The predicted molar refractivity (Wildman–Crippen MR) is 79.3 cm³/mol. The molecular weight excluding hydrogens is 238 g/mol. The molecule has 2 rings (SSSR count). The monoisotopic (exact) mass is 261 g/mol. The van der Waals surface area contributed by atoms with Crippen LogP contribution in [0.15, 0.2) is 18.2 Å². The van der Waals surface area contributed by atoms with E-state index < -0.39 is 0 Å². The number of benzene rings is 1. The van der Waals surface area contributed by atoms with Gasteiger partial charge in [-0.2, -0.15) is 0 Å². The van der Waals surface area contributed by atoms with Crippen LogP contribution in [0.3, 0.4) is 0 Å². The standard InChI is InChI=1S/C15H23N3O/c1-10(8-11-4-5-11)17-14-9-12(16)6-7-13(14)15(19)18(2)3/h6-7,9-11,17H,4-5,8,16H2,1-3H3. The summed E-state index contributed by atoms with van der Waals surface area (Å²) in [5.41, 5.74) is 8.03. The van der Waals surface area contributed by atoms with E-state index in [1.165, 1.54) is 12.8 Å². The van der Waals surface area contributed by atoms with Crippen LogP contribution >= 0.6 is 0 Å². The van der Waals surface area contributed by atoms with E-state index in [0.717, 1.165) is 18.0 Å². The fourth-order valence-corrected chi connectivity index (χ4v) is 2.29. The fourth-order valence-electron chi connectivity index (χ4n) is 2.29. The van der Waals surface area contributed by atoms with Crippen molar-refractivity contribution in [1.82, 2.24) is 4.90 Å². The molecule has 1 aliphatic carbocycles. The van der Waals surface area contributed by atoms with Crippen molar-refractivity contribution in [3.63, 3.8) is 0 Å². The zero-order valence-corrected chi connectivity index (χ0v) is 11.9. The summed E-state index contributed by atoms with van der Waals surface area (Å²) in [6.45, 7) is 2.16. The van der Waals surface area contributed by atoms with Gasteiger partial charge in [0.1, 0.15) is 0 Å². The highest BCUT2D eigenvalue weighted by molar-refractivity contribution is 6.00. The Kier molecular flexibility index (Phi) is 3.98. The summed E-state index contributed by atoms with van der Waals surface area (Å²) in [5, 5.41) is 3.43. The van der Waals surface area contributed by atoms with Gasteiger partial charge in [-0.15, -0.1) is 0 Å². The molecule has 3 N–H and O–H groups in total. The Hall–Kier alpha value is -1.71. The Labute approximate surface area is 115 Å². The van der Waals surface area contributed by atoms with Crippen LogP contribution in [0.5, 0.6) is 0 Å². The molecule has 0 aromatic heterocycles. The van der Waals surface area contributed by atoms with Gasteiger partial charge in [0.15, 0.2) is 0 Å². The summed E-state index contributed by atoms with van der Waals surface area (Å²) in [7, 11) is 3.52. The summed E-state index contributed by atoms with van der Waals surface area (Å²) in [6.07, 6.45) is 3.84. The van der Waals surface area contributed by atoms with Crippen molar-refractivity contribution in [1.29, 1.82) is 0 Å². The van der Waals surface area contributed by atoms with Crippen LogP contribution in [0.4, 0.5) is 11.4 Å². The summed E-state index contributed by atoms with van der Waals surface area (Å²) in [6, 6.07) is 5.78. The molecule has 1 aromatic rings. The number of nitrogen functional groups attached to an aromatic ring is 1. The van der Waals surface area contributed by atoms with E-state index in [2.05, 4.69) is 12.2 Å². The maximum Gasteiger partial charge on any atom is 0.255 e. The van der Waals surface area contributed by atoms with E-state index in [9.17, 15) is 4.79 Å². The molecule has 1 fully saturated rings. The molecule has 4 nitrogen and oxygen atoms in total. The van der Waals surface area contributed by atoms with E-state index in [0.29, 0.717) is 17.3 Å². The summed E-state index contributed by atoms with van der Waals surface area (Å²) in [5.74, 6) is 0.859. The second-order valence-corrected chi connectivity index (χ2v) is 5.73. The molecule has 1 amide bonds. The van der Waals surface area contributed by atoms with Crippen molar-refractivity contribution in [2.24, 2.45) is 5.92 Å². The number of hydrogen-bond acceptors (Lipinski definition) is 3. The first kappa shape index (κ1) is 13.7. The van der Waals surface area contributed by atoms with Gasteiger partial charge in [0.2, 0.25) is 0 Å². The van der Waals surface area contributed by atoms with Gasteiger partial charge in [0, 0.05) is 31.5 Å². The third-order valence-electron chi connectivity index (χ3n) is 3.47. The smallest absolute Gasteiger partial charge is 0.255 e. The summed E-state index contributed by atoms with van der Waals surface area (Å²) < 4.78 is 0. The number of nitrogens with zero attached hydrogens (tertiary/aromatic N) is 1. The van der Waals surface area contributed by atoms with Crippen molar-refractivity contribution in [2.45, 2.75) is 32.2 Å². The lowest BCUT2D eigenvalue weighted by molar-refractivity contribution is 0.0828. The number of anilines is 2. The Morgan fingerprint density at radius 1 is 1.47 bits per heavy atom. The highest BCUT2D eigenvalue weighted by Gasteiger charge is 2.24. The first-order valence-electron chi connectivity index (χ1n) is 6.85. The fraction of sp³-hybridized carbons (Fsp3) is 0.533. The molecule has 0 aliphatic heterocycles. The minimum Gasteiger partial charge on any atom is -0.399 e. The lowest BCUT2D eigenvalue weighted by Gasteiger charge is -2.20. The molecule has 0 heterocycles. The second kappa shape index (κ2) is 5.51. The van der Waals surface area contributed by atoms with Gasteiger partial charge in [0.25, 0.3) is 5.91 Å². The van der Waals surface area contributed by atoms with Crippen LogP contribution in [0.2, 0.25) is 0 Å². The van der Waals surface area contributed by atoms with Gasteiger partial charge in [-0.3, -0.25) is 4.79 Å². The minimum absolute atomic E-state index is 0.00104. The molecule has 104 valence electrons. The highest BCUT2D eigenvalue weighted by atomic mass is 16.2. The van der Waals surface area contributed by atoms with E-state index in [1.807, 2.05) is 6.07 Å². The topological polar surface area (TPSA) is 58.4 Å². The van der Waals surface area contributed by atoms with Crippen molar-refractivity contribution in [3.8, 4) is 0 Å². The molecule has 1 saturated carbocycles. The molecule has 0 radical (unpaired) electrons. The minimum atomic E-state index is 0.00104. The van der Waals surface area contributed by atoms with Crippen molar-refractivity contribution in [2.75, 3.05) is 25.1 Å². The Bertz CT molecular complexity index is 466. The van der Waals surface area contributed by atoms with Gasteiger partial charge in [-0.25, -0.2) is 0 Å². The van der Waals surface area contributed by atoms with Crippen LogP contribution in [-0.2, 0) is 0 Å². The van der Waals surface area contributed by atoms with Crippen molar-refractivity contribution in [3.05, 3.63) is 23.8 Å². The molecule has 0 saturated heterocycles. The number of nitrogens with one attached hydrogen (secondary N) is 1. The molecule has 1 unspecified atom stereocenters. The number of amides is 1. The van der Waals surface area contributed by atoms with E-state index in [4.69, 9.17) is 5.73 Å². The number of hydrogen-bond donors (Lipinski definition) is 2. The molecule has 19 heavy (non-hydrogen) atoms. The predicted octanol–water partition coefficient (Wildman–Crippen LogP) is 2.57. The zero-order chi connectivity index (χ0) is 14.0.